The fourth-order valence-electron chi connectivity index (χ4n) is 9.01. The highest BCUT2D eigenvalue weighted by molar-refractivity contribution is 5.96. The van der Waals surface area contributed by atoms with Gasteiger partial charge in [0, 0.05) is 24.3 Å². The number of aliphatic carboxylic acids is 1. The number of para-hydroxylation sites is 1. The first-order valence-corrected chi connectivity index (χ1v) is 20.9. The number of carbonyl (C=O) groups excluding carboxylic acids is 3. The van der Waals surface area contributed by atoms with Crippen LogP contribution in [0, 0.1) is 11.8 Å². The number of nitrogens with zero attached hydrogens (tertiary/aromatic N) is 3. The standard InChI is InChI=1S/C43H55N5O8/c49-38-35-25-30-27-48(35)40(50)34(19-9-3-1-2-7-15-29-26-43(29,46-38)41(51)52)45-42(53)56-36-24-28(36)14-6-4-8-17-32-37(54-23-22-47-20-12-5-13-21-47)31-16-10-11-18-33(31)44-39(32)55-30/h7-8,10-11,15-18,28-30,34-36H,1-6,9,12-14,19-27H2,(H,45,53)(H,46,49)(H,51,52)/b15-7-,17-8+/t28-,29-,30-,34+,35+,36-,43-/m1/s1. The zero-order valence-corrected chi connectivity index (χ0v) is 32.2. The normalized spacial score (nSPS) is 32.6. The summed E-state index contributed by atoms with van der Waals surface area (Å²) < 4.78 is 19.2. The van der Waals surface area contributed by atoms with Crippen LogP contribution >= 0.6 is 0 Å². The molecule has 8 rings (SSSR count). The zero-order valence-electron chi connectivity index (χ0n) is 32.2. The van der Waals surface area contributed by atoms with E-state index in [0.717, 1.165) is 70.0 Å². The average Bonchev–Trinajstić information content (AvgIpc) is 4.06. The van der Waals surface area contributed by atoms with Crippen molar-refractivity contribution in [1.82, 2.24) is 25.4 Å². The van der Waals surface area contributed by atoms with E-state index in [9.17, 15) is 24.3 Å². The summed E-state index contributed by atoms with van der Waals surface area (Å²) in [6.45, 7) is 3.48. The van der Waals surface area contributed by atoms with Crippen LogP contribution in [0.4, 0.5) is 4.79 Å². The van der Waals surface area contributed by atoms with Gasteiger partial charge in [-0.2, -0.15) is 0 Å². The van der Waals surface area contributed by atoms with Crippen LogP contribution < -0.4 is 20.1 Å². The number of fused-ring (bicyclic) bond motifs is 6. The van der Waals surface area contributed by atoms with Gasteiger partial charge in [-0.25, -0.2) is 14.6 Å². The topological polar surface area (TPSA) is 160 Å². The summed E-state index contributed by atoms with van der Waals surface area (Å²) in [7, 11) is 0. The fourth-order valence-corrected chi connectivity index (χ4v) is 9.01. The number of piperidine rings is 1. The van der Waals surface area contributed by atoms with Gasteiger partial charge in [0.1, 0.15) is 42.2 Å². The summed E-state index contributed by atoms with van der Waals surface area (Å²) in [5.41, 5.74) is -0.0250. The van der Waals surface area contributed by atoms with Gasteiger partial charge in [0.05, 0.1) is 17.6 Å². The largest absolute Gasteiger partial charge is 0.491 e. The number of likely N-dealkylation sites (tertiary alicyclic amines) is 1. The van der Waals surface area contributed by atoms with Crippen molar-refractivity contribution >= 4 is 40.9 Å². The number of aromatic nitrogens is 1. The molecule has 5 heterocycles. The first-order valence-electron chi connectivity index (χ1n) is 20.9. The molecule has 2 saturated carbocycles. The molecule has 0 radical (unpaired) electrons. The molecule has 4 fully saturated rings. The van der Waals surface area contributed by atoms with E-state index < -0.39 is 47.6 Å². The maximum atomic E-state index is 14.6. The van der Waals surface area contributed by atoms with Crippen molar-refractivity contribution in [3.8, 4) is 11.6 Å². The number of rotatable bonds is 5. The van der Waals surface area contributed by atoms with E-state index in [1.165, 1.54) is 24.2 Å². The van der Waals surface area contributed by atoms with Crippen LogP contribution in [0.1, 0.15) is 95.5 Å². The Labute approximate surface area is 328 Å². The second-order valence-electron chi connectivity index (χ2n) is 16.5. The number of carbonyl (C=O) groups is 4. The highest BCUT2D eigenvalue weighted by Crippen LogP contribution is 2.46. The summed E-state index contributed by atoms with van der Waals surface area (Å²) in [6.07, 6.45) is 17.4. The van der Waals surface area contributed by atoms with Gasteiger partial charge in [-0.1, -0.05) is 49.6 Å². The van der Waals surface area contributed by atoms with Crippen LogP contribution in [-0.2, 0) is 19.1 Å². The molecule has 2 saturated heterocycles. The summed E-state index contributed by atoms with van der Waals surface area (Å²) >= 11 is 0. The number of carboxylic acid groups (broad SMARTS) is 1. The molecule has 6 aliphatic rings. The molecule has 2 aliphatic carbocycles. The Balaban J connectivity index is 1.14. The zero-order chi connectivity index (χ0) is 38.6. The third-order valence-electron chi connectivity index (χ3n) is 12.5. The fraction of sp³-hybridized carbons (Fsp3) is 0.605. The van der Waals surface area contributed by atoms with E-state index in [1.807, 2.05) is 42.5 Å². The Morgan fingerprint density at radius 2 is 1.79 bits per heavy atom. The molecule has 0 unspecified atom stereocenters. The van der Waals surface area contributed by atoms with E-state index in [-0.39, 0.29) is 37.3 Å². The highest BCUT2D eigenvalue weighted by Gasteiger charge is 2.61. The monoisotopic (exact) mass is 769 g/mol. The predicted molar refractivity (Wildman–Crippen MR) is 209 cm³/mol. The van der Waals surface area contributed by atoms with Crippen LogP contribution in [0.3, 0.4) is 0 Å². The number of ether oxygens (including phenoxy) is 3. The number of carboxylic acids is 1. The third-order valence-corrected chi connectivity index (χ3v) is 12.5. The van der Waals surface area contributed by atoms with Crippen molar-refractivity contribution < 1.29 is 38.5 Å². The molecule has 3 amide bonds. The van der Waals surface area contributed by atoms with E-state index in [0.29, 0.717) is 42.2 Å². The Morgan fingerprint density at radius 1 is 0.964 bits per heavy atom. The van der Waals surface area contributed by atoms with Crippen molar-refractivity contribution in [2.45, 2.75) is 120 Å². The smallest absolute Gasteiger partial charge is 0.408 e. The van der Waals surface area contributed by atoms with Crippen LogP contribution in [0.5, 0.6) is 11.6 Å². The molecule has 1 aromatic carbocycles. The quantitative estimate of drug-likeness (QED) is 0.327. The molecule has 300 valence electrons. The first-order chi connectivity index (χ1) is 27.3. The Kier molecular flexibility index (Phi) is 11.5. The Bertz CT molecular complexity index is 1860. The molecule has 13 nitrogen and oxygen atoms in total. The molecule has 0 spiro atoms. The second kappa shape index (κ2) is 16.8. The van der Waals surface area contributed by atoms with Gasteiger partial charge in [-0.3, -0.25) is 14.5 Å². The Morgan fingerprint density at radius 3 is 2.64 bits per heavy atom. The van der Waals surface area contributed by atoms with Crippen molar-refractivity contribution in [1.29, 1.82) is 0 Å². The van der Waals surface area contributed by atoms with Crippen molar-refractivity contribution in [2.24, 2.45) is 11.8 Å². The van der Waals surface area contributed by atoms with E-state index in [4.69, 9.17) is 19.2 Å². The van der Waals surface area contributed by atoms with Crippen LogP contribution in [0.2, 0.25) is 0 Å². The van der Waals surface area contributed by atoms with E-state index in [2.05, 4.69) is 21.6 Å². The number of benzene rings is 1. The molecular formula is C43H55N5O8. The first kappa shape index (κ1) is 38.2. The lowest BCUT2D eigenvalue weighted by Crippen LogP contribution is -2.56. The summed E-state index contributed by atoms with van der Waals surface area (Å²) in [5.74, 6) is -1.11. The maximum absolute atomic E-state index is 14.6. The average molecular weight is 770 g/mol. The summed E-state index contributed by atoms with van der Waals surface area (Å²) in [6, 6.07) is 5.87. The predicted octanol–water partition coefficient (Wildman–Crippen LogP) is 5.61. The number of allylic oxidation sites excluding steroid dienone is 2. The SMILES string of the molecule is O=C1N[C@H]2CCCCC/C=C\[C@@H]3C[C@@]3(C(=O)O)NC(=O)[C@@H]3C[C@H](CN3C2=O)Oc2nc3ccccc3c(OCCN3CCCCC3)c2/C=C/CCC[C@@H]2C[C@H]2O1. The Hall–Kier alpha value is -4.65. The number of amides is 3. The number of nitrogens with one attached hydrogen (secondary N) is 2. The number of hydrogen-bond donors (Lipinski definition) is 3. The van der Waals surface area contributed by atoms with Crippen molar-refractivity contribution in [2.75, 3.05) is 32.8 Å². The number of pyridine rings is 1. The molecule has 7 atom stereocenters. The van der Waals surface area contributed by atoms with Crippen molar-refractivity contribution in [3.63, 3.8) is 0 Å². The van der Waals surface area contributed by atoms with Gasteiger partial charge >= 0.3 is 12.1 Å². The van der Waals surface area contributed by atoms with Gasteiger partial charge in [0.2, 0.25) is 17.7 Å². The minimum absolute atomic E-state index is 0.0427. The minimum atomic E-state index is -1.44. The molecule has 2 aromatic rings. The lowest BCUT2D eigenvalue weighted by atomic mass is 10.0. The summed E-state index contributed by atoms with van der Waals surface area (Å²) in [4.78, 5) is 63.5. The molecule has 1 aromatic heterocycles. The molecule has 3 bridgehead atoms. The lowest BCUT2D eigenvalue weighted by molar-refractivity contribution is -0.145. The molecule has 4 aliphatic heterocycles. The molecule has 56 heavy (non-hydrogen) atoms. The molecule has 3 N–H and O–H groups in total. The van der Waals surface area contributed by atoms with Gasteiger partial charge in [-0.15, -0.1) is 0 Å². The maximum Gasteiger partial charge on any atom is 0.408 e. The van der Waals surface area contributed by atoms with Gasteiger partial charge in [-0.05, 0) is 101 Å². The van der Waals surface area contributed by atoms with Crippen LogP contribution in [0.25, 0.3) is 17.0 Å². The molecule has 13 heteroatoms. The van der Waals surface area contributed by atoms with Crippen LogP contribution in [-0.4, -0.2) is 106 Å². The van der Waals surface area contributed by atoms with Crippen LogP contribution in [0.15, 0.2) is 42.5 Å². The summed E-state index contributed by atoms with van der Waals surface area (Å²) in [5, 5.41) is 16.9. The molecular weight excluding hydrogens is 714 g/mol. The third kappa shape index (κ3) is 8.52. The van der Waals surface area contributed by atoms with Gasteiger partial charge < -0.3 is 34.9 Å². The number of hydrogen-bond acceptors (Lipinski definition) is 9. The van der Waals surface area contributed by atoms with E-state index >= 15 is 0 Å². The van der Waals surface area contributed by atoms with Gasteiger partial charge in [0.25, 0.3) is 0 Å². The van der Waals surface area contributed by atoms with Crippen molar-refractivity contribution in [3.05, 3.63) is 48.1 Å². The minimum Gasteiger partial charge on any atom is -0.491 e. The lowest BCUT2D eigenvalue weighted by Gasteiger charge is -2.29. The van der Waals surface area contributed by atoms with Gasteiger partial charge in [0.15, 0.2) is 0 Å². The van der Waals surface area contributed by atoms with E-state index in [1.54, 1.807) is 0 Å². The second-order valence-corrected chi connectivity index (χ2v) is 16.5. The highest BCUT2D eigenvalue weighted by atomic mass is 16.6. The number of alkyl carbamates (subject to hydrolysis) is 1.